The van der Waals surface area contributed by atoms with E-state index in [2.05, 4.69) is 16.0 Å². The number of sulfonamides is 1. The minimum atomic E-state index is -4.76. The molecular weight excluding hydrogens is 474 g/mol. The Morgan fingerprint density at radius 2 is 1.82 bits per heavy atom. The number of alkyl halides is 3. The molecule has 12 heteroatoms. The fourth-order valence-electron chi connectivity index (χ4n) is 4.28. The highest BCUT2D eigenvalue weighted by Gasteiger charge is 2.39. The second kappa shape index (κ2) is 8.96. The van der Waals surface area contributed by atoms with Crippen molar-refractivity contribution in [2.75, 3.05) is 0 Å². The third-order valence-electron chi connectivity index (χ3n) is 5.99. The molecule has 1 aliphatic carbocycles. The molecule has 1 atom stereocenters. The van der Waals surface area contributed by atoms with Crippen LogP contribution in [0, 0.1) is 17.1 Å². The first-order chi connectivity index (χ1) is 16.0. The number of fused-ring (bicyclic) bond motifs is 1. The summed E-state index contributed by atoms with van der Waals surface area (Å²) in [5.74, 6) is -0.481. The smallest absolute Gasteiger partial charge is 0.334 e. The van der Waals surface area contributed by atoms with E-state index in [4.69, 9.17) is 0 Å². The van der Waals surface area contributed by atoms with Crippen LogP contribution >= 0.6 is 0 Å². The van der Waals surface area contributed by atoms with Gasteiger partial charge in [-0.05, 0) is 38.0 Å². The average molecular weight is 496 g/mol. The molecule has 3 aromatic rings. The highest BCUT2D eigenvalue weighted by molar-refractivity contribution is 7.89. The van der Waals surface area contributed by atoms with Crippen molar-refractivity contribution in [3.8, 4) is 17.6 Å². The van der Waals surface area contributed by atoms with Crippen molar-refractivity contribution in [3.63, 3.8) is 0 Å². The number of nitrogens with one attached hydrogen (secondary N) is 1. The molecule has 1 fully saturated rings. The van der Waals surface area contributed by atoms with Crippen LogP contribution in [-0.2, 0) is 10.0 Å². The lowest BCUT2D eigenvalue weighted by Crippen LogP contribution is -2.43. The Morgan fingerprint density at radius 3 is 2.41 bits per heavy atom. The number of rotatable bonds is 5. The molecule has 34 heavy (non-hydrogen) atoms. The molecule has 1 aliphatic rings. The lowest BCUT2D eigenvalue weighted by Gasteiger charge is -2.26. The van der Waals surface area contributed by atoms with E-state index in [0.29, 0.717) is 23.5 Å². The summed E-state index contributed by atoms with van der Waals surface area (Å²) in [6.45, 7) is 0.688. The Morgan fingerprint density at radius 1 is 1.18 bits per heavy atom. The van der Waals surface area contributed by atoms with Crippen molar-refractivity contribution in [1.29, 1.82) is 5.26 Å². The number of hydrogen-bond acceptors (Lipinski definition) is 5. The number of nitrogens with zero attached hydrogens (tertiary/aromatic N) is 4. The maximum atomic E-state index is 14.0. The van der Waals surface area contributed by atoms with Gasteiger partial charge in [0.2, 0.25) is 10.0 Å². The van der Waals surface area contributed by atoms with Crippen LogP contribution in [0.1, 0.15) is 50.6 Å². The van der Waals surface area contributed by atoms with Gasteiger partial charge in [-0.1, -0.05) is 19.3 Å². The first-order valence-corrected chi connectivity index (χ1v) is 12.2. The maximum Gasteiger partial charge on any atom is 0.404 e. The topological polar surface area (TPSA) is 101 Å². The molecule has 0 saturated heterocycles. The van der Waals surface area contributed by atoms with Crippen molar-refractivity contribution >= 4 is 20.9 Å². The molecule has 2 aromatic heterocycles. The van der Waals surface area contributed by atoms with E-state index in [-0.39, 0.29) is 17.4 Å². The monoisotopic (exact) mass is 495 g/mol. The molecule has 0 spiro atoms. The first kappa shape index (κ1) is 24.1. The highest BCUT2D eigenvalue weighted by Crippen LogP contribution is 2.39. The van der Waals surface area contributed by atoms with Crippen LogP contribution in [0.2, 0.25) is 0 Å². The van der Waals surface area contributed by atoms with Gasteiger partial charge in [0.25, 0.3) is 0 Å². The first-order valence-electron chi connectivity index (χ1n) is 10.7. The van der Waals surface area contributed by atoms with E-state index < -0.39 is 33.0 Å². The van der Waals surface area contributed by atoms with Crippen LogP contribution in [0.15, 0.2) is 35.5 Å². The lowest BCUT2D eigenvalue weighted by molar-refractivity contribution is -0.147. The lowest BCUT2D eigenvalue weighted by atomic mass is 9.95. The predicted molar refractivity (Wildman–Crippen MR) is 116 cm³/mol. The van der Waals surface area contributed by atoms with Crippen LogP contribution in [0.5, 0.6) is 0 Å². The van der Waals surface area contributed by atoms with Gasteiger partial charge in [0.05, 0.1) is 23.5 Å². The van der Waals surface area contributed by atoms with E-state index >= 15 is 0 Å². The van der Waals surface area contributed by atoms with E-state index in [1.54, 1.807) is 10.8 Å². The Kier molecular flexibility index (Phi) is 6.35. The number of nitriles is 1. The van der Waals surface area contributed by atoms with Gasteiger partial charge in [0.1, 0.15) is 28.5 Å². The normalized spacial score (nSPS) is 16.5. The SMILES string of the molecule is C[C@H](NS(=O)(=O)c1cnc(-c2c(C#N)c3cc(F)ccc3n2C2CCCCC2)nc1)C(F)(F)F. The van der Waals surface area contributed by atoms with Gasteiger partial charge in [0, 0.05) is 11.4 Å². The third-order valence-corrected chi connectivity index (χ3v) is 7.49. The number of benzene rings is 1. The summed E-state index contributed by atoms with van der Waals surface area (Å²) >= 11 is 0. The van der Waals surface area contributed by atoms with Crippen molar-refractivity contribution in [2.45, 2.75) is 62.2 Å². The zero-order valence-electron chi connectivity index (χ0n) is 18.1. The second-order valence-electron chi connectivity index (χ2n) is 8.29. The zero-order chi connectivity index (χ0) is 24.7. The van der Waals surface area contributed by atoms with E-state index in [1.165, 1.54) is 12.1 Å². The van der Waals surface area contributed by atoms with Gasteiger partial charge in [-0.2, -0.15) is 23.2 Å². The van der Waals surface area contributed by atoms with Gasteiger partial charge in [-0.15, -0.1) is 0 Å². The van der Waals surface area contributed by atoms with Gasteiger partial charge in [-0.25, -0.2) is 22.8 Å². The maximum absolute atomic E-state index is 14.0. The second-order valence-corrected chi connectivity index (χ2v) is 10.00. The molecule has 1 N–H and O–H groups in total. The summed E-state index contributed by atoms with van der Waals surface area (Å²) in [6.07, 6.45) is 1.76. The van der Waals surface area contributed by atoms with Gasteiger partial charge in [0.15, 0.2) is 5.82 Å². The predicted octanol–water partition coefficient (Wildman–Crippen LogP) is 4.84. The molecule has 1 aromatic carbocycles. The molecule has 7 nitrogen and oxygen atoms in total. The summed E-state index contributed by atoms with van der Waals surface area (Å²) < 4.78 is 80.6. The Bertz CT molecular complexity index is 1360. The third kappa shape index (κ3) is 4.50. The summed E-state index contributed by atoms with van der Waals surface area (Å²) in [4.78, 5) is 7.63. The van der Waals surface area contributed by atoms with Crippen LogP contribution < -0.4 is 4.72 Å². The molecule has 0 amide bonds. The molecule has 2 heterocycles. The van der Waals surface area contributed by atoms with Crippen molar-refractivity contribution in [3.05, 3.63) is 42.0 Å². The minimum Gasteiger partial charge on any atom is -0.334 e. The van der Waals surface area contributed by atoms with Crippen LogP contribution in [-0.4, -0.2) is 35.2 Å². The highest BCUT2D eigenvalue weighted by atomic mass is 32.2. The van der Waals surface area contributed by atoms with Crippen molar-refractivity contribution in [2.24, 2.45) is 0 Å². The molecule has 4 rings (SSSR count). The van der Waals surface area contributed by atoms with Gasteiger partial charge in [-0.3, -0.25) is 0 Å². The zero-order valence-corrected chi connectivity index (χ0v) is 18.9. The van der Waals surface area contributed by atoms with Crippen molar-refractivity contribution in [1.82, 2.24) is 19.3 Å². The fraction of sp³-hybridized carbons (Fsp3) is 0.409. The Balaban J connectivity index is 1.82. The Labute approximate surface area is 193 Å². The Hall–Kier alpha value is -3.04. The molecule has 0 aliphatic heterocycles. The summed E-state index contributed by atoms with van der Waals surface area (Å²) in [5, 5.41) is 10.3. The van der Waals surface area contributed by atoms with E-state index in [1.807, 2.05) is 4.57 Å². The molecular formula is C22H21F4N5O2S. The number of hydrogen-bond donors (Lipinski definition) is 1. The van der Waals surface area contributed by atoms with Crippen LogP contribution in [0.4, 0.5) is 17.6 Å². The van der Waals surface area contributed by atoms with Gasteiger partial charge < -0.3 is 4.57 Å². The molecule has 0 radical (unpaired) electrons. The van der Waals surface area contributed by atoms with E-state index in [0.717, 1.165) is 44.5 Å². The largest absolute Gasteiger partial charge is 0.404 e. The summed E-state index contributed by atoms with van der Waals surface area (Å²) in [5.41, 5.74) is 1.12. The molecule has 180 valence electrons. The molecule has 1 saturated carbocycles. The van der Waals surface area contributed by atoms with E-state index in [9.17, 15) is 31.2 Å². The number of aromatic nitrogens is 3. The minimum absolute atomic E-state index is 0.0140. The van der Waals surface area contributed by atoms with Crippen molar-refractivity contribution < 1.29 is 26.0 Å². The standard InChI is InChI=1S/C22H21F4N5O2S/c1-13(22(24,25)26)30-34(32,33)16-11-28-21(29-12-16)20-18(10-27)17-9-14(23)7-8-19(17)31(20)15-5-3-2-4-6-15/h7-9,11-13,15,30H,2-6H2,1H3/t13-/m0/s1. The van der Waals surface area contributed by atoms with Crippen LogP contribution in [0.25, 0.3) is 22.4 Å². The summed E-state index contributed by atoms with van der Waals surface area (Å²) in [6, 6.07) is 3.95. The van der Waals surface area contributed by atoms with Gasteiger partial charge >= 0.3 is 6.18 Å². The summed E-state index contributed by atoms with van der Waals surface area (Å²) in [7, 11) is -4.53. The fourth-order valence-corrected chi connectivity index (χ4v) is 5.40. The van der Waals surface area contributed by atoms with Crippen LogP contribution in [0.3, 0.4) is 0 Å². The number of halogens is 4. The quantitative estimate of drug-likeness (QED) is 0.511. The average Bonchev–Trinajstić information content (AvgIpc) is 3.12. The molecule has 0 bridgehead atoms. The molecule has 0 unspecified atom stereocenters.